The van der Waals surface area contributed by atoms with E-state index in [1.54, 1.807) is 7.11 Å². The zero-order valence-corrected chi connectivity index (χ0v) is 8.97. The Bertz CT molecular complexity index is 330. The normalized spacial score (nSPS) is 9.31. The molecule has 0 bridgehead atoms. The van der Waals surface area contributed by atoms with E-state index in [9.17, 15) is 0 Å². The molecule has 0 N–H and O–H groups in total. The molecule has 0 fully saturated rings. The van der Waals surface area contributed by atoms with Crippen LogP contribution in [0.3, 0.4) is 0 Å². The van der Waals surface area contributed by atoms with E-state index in [1.165, 1.54) is 0 Å². The summed E-state index contributed by atoms with van der Waals surface area (Å²) in [5.74, 6) is 0.839. The summed E-state index contributed by atoms with van der Waals surface area (Å²) >= 11 is 3.40. The first-order valence-electron chi connectivity index (χ1n) is 3.94. The fourth-order valence-electron chi connectivity index (χ4n) is 1.16. The molecule has 3 heteroatoms. The Hall–Kier alpha value is -1.01. The summed E-state index contributed by atoms with van der Waals surface area (Å²) in [5, 5.41) is 0. The van der Waals surface area contributed by atoms with Crippen LogP contribution in [-0.4, -0.2) is 13.7 Å². The van der Waals surface area contributed by atoms with Crippen LogP contribution in [0.15, 0.2) is 22.7 Å². The van der Waals surface area contributed by atoms with Gasteiger partial charge < -0.3 is 9.58 Å². The molecule has 0 radical (unpaired) electrons. The third-order valence-corrected chi connectivity index (χ3v) is 2.37. The first kappa shape index (κ1) is 10.1. The van der Waals surface area contributed by atoms with E-state index < -0.39 is 0 Å². The fourth-order valence-corrected chi connectivity index (χ4v) is 1.72. The Morgan fingerprint density at radius 1 is 1.54 bits per heavy atom. The van der Waals surface area contributed by atoms with Gasteiger partial charge in [-0.3, -0.25) is 0 Å². The third-order valence-electron chi connectivity index (χ3n) is 1.75. The molecule has 0 aliphatic rings. The Morgan fingerprint density at radius 2 is 2.31 bits per heavy atom. The molecule has 0 unspecified atom stereocenters. The number of nitrogens with zero attached hydrogens (tertiary/aromatic N) is 1. The number of ether oxygens (including phenoxy) is 1. The van der Waals surface area contributed by atoms with Crippen molar-refractivity contribution < 1.29 is 4.74 Å². The van der Waals surface area contributed by atoms with Crippen LogP contribution >= 0.6 is 15.9 Å². The van der Waals surface area contributed by atoms with Crippen molar-refractivity contribution >= 4 is 15.9 Å². The molecule has 1 rings (SSSR count). The van der Waals surface area contributed by atoms with Crippen molar-refractivity contribution in [1.29, 1.82) is 0 Å². The van der Waals surface area contributed by atoms with Crippen molar-refractivity contribution in [3.63, 3.8) is 0 Å². The maximum Gasteiger partial charge on any atom is 0.218 e. The highest BCUT2D eigenvalue weighted by Gasteiger charge is 2.06. The second kappa shape index (κ2) is 4.88. The Morgan fingerprint density at radius 3 is 2.92 bits per heavy atom. The Balaban J connectivity index is 2.93. The third kappa shape index (κ3) is 2.46. The molecule has 13 heavy (non-hydrogen) atoms. The van der Waals surface area contributed by atoms with E-state index in [2.05, 4.69) is 20.8 Å². The van der Waals surface area contributed by atoms with Crippen LogP contribution in [0, 0.1) is 6.57 Å². The van der Waals surface area contributed by atoms with Gasteiger partial charge in [-0.15, -0.1) is 0 Å². The topological polar surface area (TPSA) is 13.6 Å². The van der Waals surface area contributed by atoms with E-state index in [4.69, 9.17) is 11.3 Å². The van der Waals surface area contributed by atoms with Gasteiger partial charge in [0.2, 0.25) is 6.54 Å². The van der Waals surface area contributed by atoms with Crippen LogP contribution in [0.2, 0.25) is 0 Å². The largest absolute Gasteiger partial charge is 0.495 e. The van der Waals surface area contributed by atoms with Gasteiger partial charge in [0.15, 0.2) is 0 Å². The lowest BCUT2D eigenvalue weighted by Crippen LogP contribution is -1.94. The molecule has 0 saturated heterocycles. The Kier molecular flexibility index (Phi) is 3.78. The number of para-hydroxylation sites is 1. The standard InChI is InChI=1S/C10H10BrNO/c1-12-7-6-8-4-3-5-9(11)10(8)13-2/h3-5H,6-7H2,2H3. The van der Waals surface area contributed by atoms with Crippen LogP contribution in [0.4, 0.5) is 0 Å². The molecule has 0 spiro atoms. The van der Waals surface area contributed by atoms with Gasteiger partial charge in [-0.1, -0.05) is 12.1 Å². The molecular formula is C10H10BrNO. The fraction of sp³-hybridized carbons (Fsp3) is 0.300. The predicted octanol–water partition coefficient (Wildman–Crippen LogP) is 2.92. The molecule has 1 aromatic carbocycles. The Labute approximate surface area is 86.5 Å². The van der Waals surface area contributed by atoms with Crippen LogP contribution in [0.1, 0.15) is 5.56 Å². The van der Waals surface area contributed by atoms with Crippen molar-refractivity contribution in [2.75, 3.05) is 13.7 Å². The summed E-state index contributed by atoms with van der Waals surface area (Å²) in [6.45, 7) is 7.21. The van der Waals surface area contributed by atoms with Crippen molar-refractivity contribution in [2.24, 2.45) is 0 Å². The summed E-state index contributed by atoms with van der Waals surface area (Å²) in [6, 6.07) is 5.86. The summed E-state index contributed by atoms with van der Waals surface area (Å²) in [7, 11) is 1.64. The van der Waals surface area contributed by atoms with Crippen LogP contribution in [0.5, 0.6) is 5.75 Å². The zero-order valence-electron chi connectivity index (χ0n) is 7.38. The number of benzene rings is 1. The maximum absolute atomic E-state index is 6.71. The van der Waals surface area contributed by atoms with Crippen molar-refractivity contribution in [3.8, 4) is 5.75 Å². The first-order chi connectivity index (χ1) is 6.29. The minimum absolute atomic E-state index is 0.507. The molecule has 0 aliphatic heterocycles. The summed E-state index contributed by atoms with van der Waals surface area (Å²) in [4.78, 5) is 3.32. The van der Waals surface area contributed by atoms with Gasteiger partial charge in [-0.25, -0.2) is 6.57 Å². The van der Waals surface area contributed by atoms with Crippen LogP contribution < -0.4 is 4.74 Å². The van der Waals surface area contributed by atoms with Gasteiger partial charge >= 0.3 is 0 Å². The first-order valence-corrected chi connectivity index (χ1v) is 4.73. The minimum atomic E-state index is 0.507. The van der Waals surface area contributed by atoms with E-state index in [1.807, 2.05) is 18.2 Å². The molecule has 0 saturated carbocycles. The molecular weight excluding hydrogens is 230 g/mol. The van der Waals surface area contributed by atoms with Crippen molar-refractivity contribution in [1.82, 2.24) is 0 Å². The lowest BCUT2D eigenvalue weighted by Gasteiger charge is -2.07. The minimum Gasteiger partial charge on any atom is -0.495 e. The van der Waals surface area contributed by atoms with Gasteiger partial charge in [0.05, 0.1) is 11.6 Å². The van der Waals surface area contributed by atoms with Crippen LogP contribution in [-0.2, 0) is 6.42 Å². The highest BCUT2D eigenvalue weighted by molar-refractivity contribution is 9.10. The molecule has 2 nitrogen and oxygen atoms in total. The van der Waals surface area contributed by atoms with Gasteiger partial charge in [0.25, 0.3) is 0 Å². The molecule has 0 aliphatic carbocycles. The van der Waals surface area contributed by atoms with Crippen molar-refractivity contribution in [3.05, 3.63) is 39.7 Å². The molecule has 0 heterocycles. The molecule has 0 aromatic heterocycles. The number of halogens is 1. The van der Waals surface area contributed by atoms with Crippen molar-refractivity contribution in [2.45, 2.75) is 6.42 Å². The zero-order chi connectivity index (χ0) is 9.68. The number of rotatable bonds is 3. The van der Waals surface area contributed by atoms with Gasteiger partial charge in [0.1, 0.15) is 5.75 Å². The highest BCUT2D eigenvalue weighted by atomic mass is 79.9. The summed E-state index contributed by atoms with van der Waals surface area (Å²) in [6.07, 6.45) is 0.742. The monoisotopic (exact) mass is 239 g/mol. The number of hydrogen-bond acceptors (Lipinski definition) is 1. The average Bonchev–Trinajstić information content (AvgIpc) is 2.15. The van der Waals surface area contributed by atoms with Gasteiger partial charge in [-0.05, 0) is 22.0 Å². The summed E-state index contributed by atoms with van der Waals surface area (Å²) < 4.78 is 6.17. The van der Waals surface area contributed by atoms with E-state index >= 15 is 0 Å². The lowest BCUT2D eigenvalue weighted by atomic mass is 10.1. The molecule has 68 valence electrons. The summed E-state index contributed by atoms with van der Waals surface area (Å²) in [5.41, 5.74) is 1.08. The predicted molar refractivity (Wildman–Crippen MR) is 55.9 cm³/mol. The number of methoxy groups -OCH3 is 1. The van der Waals surface area contributed by atoms with E-state index in [0.717, 1.165) is 22.2 Å². The molecule has 1 aromatic rings. The van der Waals surface area contributed by atoms with Crippen LogP contribution in [0.25, 0.3) is 4.85 Å². The van der Waals surface area contributed by atoms with E-state index in [-0.39, 0.29) is 0 Å². The second-order valence-electron chi connectivity index (χ2n) is 2.56. The van der Waals surface area contributed by atoms with Gasteiger partial charge in [0, 0.05) is 12.0 Å². The lowest BCUT2D eigenvalue weighted by molar-refractivity contribution is 0.407. The molecule has 0 atom stereocenters. The second-order valence-corrected chi connectivity index (χ2v) is 3.42. The quantitative estimate of drug-likeness (QED) is 0.740. The number of hydrogen-bond donors (Lipinski definition) is 0. The SMILES string of the molecule is [C-]#[N+]CCc1cccc(Br)c1OC. The van der Waals surface area contributed by atoms with E-state index in [0.29, 0.717) is 6.54 Å². The maximum atomic E-state index is 6.71. The average molecular weight is 240 g/mol. The highest BCUT2D eigenvalue weighted by Crippen LogP contribution is 2.28. The smallest absolute Gasteiger partial charge is 0.218 e. The van der Waals surface area contributed by atoms with Gasteiger partial charge in [-0.2, -0.15) is 0 Å². The molecule has 0 amide bonds.